The van der Waals surface area contributed by atoms with Crippen molar-refractivity contribution in [2.45, 2.75) is 0 Å². The van der Waals surface area contributed by atoms with Crippen LogP contribution in [0.5, 0.6) is 0 Å². The molecule has 4 nitrogen and oxygen atoms in total. The second-order valence-corrected chi connectivity index (χ2v) is 4.25. The summed E-state index contributed by atoms with van der Waals surface area (Å²) in [5, 5.41) is 1.28. The van der Waals surface area contributed by atoms with Gasteiger partial charge in [-0.05, 0) is 18.2 Å². The van der Waals surface area contributed by atoms with Crippen LogP contribution >= 0.6 is 11.6 Å². The van der Waals surface area contributed by atoms with Crippen LogP contribution in [0.2, 0.25) is 5.15 Å². The van der Waals surface area contributed by atoms with Gasteiger partial charge in [0.15, 0.2) is 0 Å². The highest BCUT2D eigenvalue weighted by Gasteiger charge is 2.15. The van der Waals surface area contributed by atoms with Crippen LogP contribution in [0.1, 0.15) is 10.4 Å². The Morgan fingerprint density at radius 1 is 1.44 bits per heavy atom. The minimum atomic E-state index is -0.615. The zero-order chi connectivity index (χ0) is 12.9. The maximum Gasteiger partial charge on any atom is 0.252 e. The Labute approximate surface area is 106 Å². The topological polar surface area (TPSA) is 71.8 Å². The zero-order valence-corrected chi connectivity index (χ0v) is 9.75. The third-order valence-electron chi connectivity index (χ3n) is 2.81. The van der Waals surface area contributed by atoms with Crippen molar-refractivity contribution in [2.75, 3.05) is 0 Å². The molecule has 0 spiro atoms. The number of hydrogen-bond donors (Lipinski definition) is 2. The fraction of sp³-hybridized carbons (Fsp3) is 0. The number of aromatic nitrogens is 2. The quantitative estimate of drug-likeness (QED) is 0.663. The molecular weight excluding hydrogens is 257 g/mol. The van der Waals surface area contributed by atoms with E-state index < -0.39 is 5.91 Å². The summed E-state index contributed by atoms with van der Waals surface area (Å²) < 4.78 is 13.3. The number of rotatable bonds is 1. The zero-order valence-electron chi connectivity index (χ0n) is 9.00. The Balaban J connectivity index is 2.56. The first-order chi connectivity index (χ1) is 8.58. The Morgan fingerprint density at radius 3 is 2.94 bits per heavy atom. The summed E-state index contributed by atoms with van der Waals surface area (Å²) in [6.07, 6.45) is 1.30. The van der Waals surface area contributed by atoms with Gasteiger partial charge in [-0.25, -0.2) is 9.37 Å². The molecule has 2 aromatic heterocycles. The maximum absolute atomic E-state index is 13.3. The number of hydrogen-bond acceptors (Lipinski definition) is 2. The summed E-state index contributed by atoms with van der Waals surface area (Å²) in [7, 11) is 0. The van der Waals surface area contributed by atoms with Gasteiger partial charge in [0.25, 0.3) is 5.91 Å². The lowest BCUT2D eigenvalue weighted by atomic mass is 10.1. The van der Waals surface area contributed by atoms with Crippen LogP contribution in [0, 0.1) is 5.82 Å². The molecule has 0 saturated heterocycles. The number of nitrogens with two attached hydrogens (primary N) is 1. The van der Waals surface area contributed by atoms with E-state index in [2.05, 4.69) is 9.97 Å². The van der Waals surface area contributed by atoms with Crippen LogP contribution in [0.15, 0.2) is 24.4 Å². The van der Waals surface area contributed by atoms with Gasteiger partial charge >= 0.3 is 0 Å². The number of benzene rings is 1. The van der Waals surface area contributed by atoms with E-state index in [0.29, 0.717) is 21.8 Å². The van der Waals surface area contributed by atoms with Crippen molar-refractivity contribution in [2.24, 2.45) is 5.73 Å². The first-order valence-corrected chi connectivity index (χ1v) is 5.51. The van der Waals surface area contributed by atoms with Crippen LogP contribution in [-0.4, -0.2) is 15.9 Å². The molecule has 90 valence electrons. The molecule has 0 fully saturated rings. The van der Waals surface area contributed by atoms with Crippen molar-refractivity contribution in [1.82, 2.24) is 9.97 Å². The first-order valence-electron chi connectivity index (χ1n) is 5.13. The molecule has 0 bridgehead atoms. The normalized spacial score (nSPS) is 11.2. The number of halogens is 2. The average Bonchev–Trinajstić information content (AvgIpc) is 2.68. The van der Waals surface area contributed by atoms with E-state index in [4.69, 9.17) is 17.3 Å². The molecule has 3 N–H and O–H groups in total. The number of nitrogens with zero attached hydrogens (tertiary/aromatic N) is 1. The van der Waals surface area contributed by atoms with Gasteiger partial charge < -0.3 is 10.7 Å². The van der Waals surface area contributed by atoms with E-state index in [1.54, 1.807) is 6.07 Å². The second-order valence-electron chi connectivity index (χ2n) is 3.89. The molecule has 3 aromatic rings. The monoisotopic (exact) mass is 263 g/mol. The molecule has 0 unspecified atom stereocenters. The number of nitrogens with one attached hydrogen (secondary N) is 1. The Kier molecular flexibility index (Phi) is 2.24. The molecule has 0 aliphatic rings. The molecule has 18 heavy (non-hydrogen) atoms. The summed E-state index contributed by atoms with van der Waals surface area (Å²) in [6, 6.07) is 4.24. The van der Waals surface area contributed by atoms with E-state index in [0.717, 1.165) is 0 Å². The third-order valence-corrected chi connectivity index (χ3v) is 3.10. The summed E-state index contributed by atoms with van der Waals surface area (Å²) in [4.78, 5) is 18.2. The van der Waals surface area contributed by atoms with E-state index in [9.17, 15) is 9.18 Å². The van der Waals surface area contributed by atoms with Gasteiger partial charge in [0, 0.05) is 22.5 Å². The number of carbonyl (C=O) groups is 1. The molecule has 0 saturated carbocycles. The summed E-state index contributed by atoms with van der Waals surface area (Å²) in [6.45, 7) is 0. The van der Waals surface area contributed by atoms with Crippen LogP contribution in [-0.2, 0) is 0 Å². The smallest absolute Gasteiger partial charge is 0.252 e. The molecule has 0 aliphatic carbocycles. The van der Waals surface area contributed by atoms with Crippen molar-refractivity contribution in [1.29, 1.82) is 0 Å². The van der Waals surface area contributed by atoms with E-state index in [-0.39, 0.29) is 16.5 Å². The minimum Gasteiger partial charge on any atom is -0.365 e. The van der Waals surface area contributed by atoms with Crippen molar-refractivity contribution < 1.29 is 9.18 Å². The molecular formula is C12H7ClFN3O. The van der Waals surface area contributed by atoms with Crippen molar-refractivity contribution >= 4 is 39.3 Å². The Morgan fingerprint density at radius 2 is 2.22 bits per heavy atom. The first kappa shape index (κ1) is 11.0. The van der Waals surface area contributed by atoms with Crippen molar-refractivity contribution in [3.63, 3.8) is 0 Å². The molecule has 2 heterocycles. The van der Waals surface area contributed by atoms with Crippen LogP contribution in [0.4, 0.5) is 4.39 Å². The fourth-order valence-electron chi connectivity index (χ4n) is 2.02. The van der Waals surface area contributed by atoms with Gasteiger partial charge in [0.2, 0.25) is 0 Å². The number of H-pyrrole nitrogens is 1. The number of carbonyl (C=O) groups excluding carboxylic acids is 1. The molecule has 3 rings (SSSR count). The number of primary amides is 1. The molecule has 0 radical (unpaired) electrons. The number of pyridine rings is 1. The van der Waals surface area contributed by atoms with Crippen molar-refractivity contribution in [3.05, 3.63) is 40.9 Å². The lowest BCUT2D eigenvalue weighted by molar-refractivity contribution is 0.100. The Hall–Kier alpha value is -2.14. The van der Waals surface area contributed by atoms with E-state index in [1.165, 1.54) is 18.3 Å². The van der Waals surface area contributed by atoms with Gasteiger partial charge in [-0.1, -0.05) is 11.6 Å². The molecule has 6 heteroatoms. The third kappa shape index (κ3) is 1.44. The highest BCUT2D eigenvalue weighted by atomic mass is 35.5. The summed E-state index contributed by atoms with van der Waals surface area (Å²) in [5.74, 6) is -1.000. The van der Waals surface area contributed by atoms with Gasteiger partial charge in [-0.3, -0.25) is 4.79 Å². The van der Waals surface area contributed by atoms with Crippen LogP contribution < -0.4 is 5.73 Å². The highest BCUT2D eigenvalue weighted by Crippen LogP contribution is 2.32. The minimum absolute atomic E-state index is 0.201. The number of aromatic amines is 1. The molecule has 1 amide bonds. The van der Waals surface area contributed by atoms with Crippen molar-refractivity contribution in [3.8, 4) is 0 Å². The highest BCUT2D eigenvalue weighted by molar-refractivity contribution is 6.37. The molecule has 0 aliphatic heterocycles. The van der Waals surface area contributed by atoms with Crippen LogP contribution in [0.25, 0.3) is 21.8 Å². The largest absolute Gasteiger partial charge is 0.365 e. The van der Waals surface area contributed by atoms with Gasteiger partial charge in [-0.15, -0.1) is 0 Å². The molecule has 1 aromatic carbocycles. The predicted octanol–water partition coefficient (Wildman–Crippen LogP) is 2.61. The number of amides is 1. The average molecular weight is 264 g/mol. The Bertz CT molecular complexity index is 797. The van der Waals surface area contributed by atoms with Gasteiger partial charge in [-0.2, -0.15) is 0 Å². The summed E-state index contributed by atoms with van der Waals surface area (Å²) >= 11 is 6.00. The predicted molar refractivity (Wildman–Crippen MR) is 67.1 cm³/mol. The SMILES string of the molecule is NC(=O)c1cnc(Cl)c2c1[nH]c1ccc(F)cc12. The summed E-state index contributed by atoms with van der Waals surface area (Å²) in [5.41, 5.74) is 6.64. The van der Waals surface area contributed by atoms with Crippen LogP contribution in [0.3, 0.4) is 0 Å². The lowest BCUT2D eigenvalue weighted by Gasteiger charge is -1.99. The fourth-order valence-corrected chi connectivity index (χ4v) is 2.26. The lowest BCUT2D eigenvalue weighted by Crippen LogP contribution is -2.11. The number of fused-ring (bicyclic) bond motifs is 3. The van der Waals surface area contributed by atoms with Gasteiger partial charge in [0.05, 0.1) is 11.1 Å². The van der Waals surface area contributed by atoms with E-state index in [1.807, 2.05) is 0 Å². The van der Waals surface area contributed by atoms with E-state index >= 15 is 0 Å². The standard InChI is InChI=1S/C12H7ClFN3O/c13-11-9-6-3-5(14)1-2-8(6)17-10(9)7(4-16-11)12(15)18/h1-4,17H,(H2,15,18). The second kappa shape index (κ2) is 3.68. The van der Waals surface area contributed by atoms with Gasteiger partial charge in [0.1, 0.15) is 11.0 Å². The molecule has 0 atom stereocenters. The maximum atomic E-state index is 13.3.